The molecule has 6 heteroatoms. The number of nitrogens with one attached hydrogen (secondary N) is 1. The van der Waals surface area contributed by atoms with Crippen LogP contribution in [0.1, 0.15) is 36.6 Å². The third-order valence-corrected chi connectivity index (χ3v) is 3.74. The third-order valence-electron chi connectivity index (χ3n) is 3.74. The van der Waals surface area contributed by atoms with Crippen LogP contribution in [-0.2, 0) is 11.3 Å². The second-order valence-electron chi connectivity index (χ2n) is 5.52. The Morgan fingerprint density at radius 2 is 2.38 bits per heavy atom. The maximum absolute atomic E-state index is 12.0. The summed E-state index contributed by atoms with van der Waals surface area (Å²) < 4.78 is 5.73. The second kappa shape index (κ2) is 5.55. The van der Waals surface area contributed by atoms with Crippen molar-refractivity contribution in [2.45, 2.75) is 25.8 Å². The Bertz CT molecular complexity index is 644. The Hall–Kier alpha value is -2.37. The van der Waals surface area contributed by atoms with Crippen LogP contribution >= 0.6 is 0 Å². The van der Waals surface area contributed by atoms with E-state index in [1.54, 1.807) is 18.0 Å². The molecule has 0 bridgehead atoms. The molecule has 0 radical (unpaired) electrons. The minimum atomic E-state index is -0.107. The number of likely N-dealkylation sites (N-methyl/N-ethyl adjacent to an activating group) is 1. The Balaban J connectivity index is 1.57. The van der Waals surface area contributed by atoms with E-state index in [0.717, 1.165) is 5.76 Å². The van der Waals surface area contributed by atoms with E-state index in [1.165, 1.54) is 18.8 Å². The van der Waals surface area contributed by atoms with Crippen LogP contribution in [0.3, 0.4) is 0 Å². The number of hydrogen-bond acceptors (Lipinski definition) is 4. The first-order valence-electron chi connectivity index (χ1n) is 7.00. The lowest BCUT2D eigenvalue weighted by Gasteiger charge is -2.12. The molecule has 2 aromatic heterocycles. The van der Waals surface area contributed by atoms with Crippen molar-refractivity contribution in [2.24, 2.45) is 5.92 Å². The van der Waals surface area contributed by atoms with Crippen molar-refractivity contribution in [2.75, 3.05) is 7.05 Å². The van der Waals surface area contributed by atoms with Gasteiger partial charge < -0.3 is 9.32 Å². The fourth-order valence-electron chi connectivity index (χ4n) is 2.27. The molecule has 2 unspecified atom stereocenters. The van der Waals surface area contributed by atoms with Gasteiger partial charge in [0.2, 0.25) is 5.91 Å². The van der Waals surface area contributed by atoms with Crippen LogP contribution in [0.5, 0.6) is 0 Å². The van der Waals surface area contributed by atoms with Crippen LogP contribution in [0, 0.1) is 5.92 Å². The lowest BCUT2D eigenvalue weighted by molar-refractivity contribution is -0.125. The normalized spacial score (nSPS) is 20.9. The first-order valence-corrected chi connectivity index (χ1v) is 7.00. The number of rotatable bonds is 5. The standard InChI is InChI=1S/C15H18N4O2/c1-10-7-12(10)13-5-3-11(21-13)4-6-15(20)19(2)8-14-16-9-17-18-14/h3-6,9-10,12H,7-8H2,1-2H3,(H,16,17,18). The molecule has 0 aromatic carbocycles. The number of furan rings is 1. The van der Waals surface area contributed by atoms with Crippen molar-refractivity contribution in [3.05, 3.63) is 41.9 Å². The highest BCUT2D eigenvalue weighted by Gasteiger charge is 2.36. The third kappa shape index (κ3) is 3.21. The number of carbonyl (C=O) groups is 1. The summed E-state index contributed by atoms with van der Waals surface area (Å²) in [5.41, 5.74) is 0. The highest BCUT2D eigenvalue weighted by molar-refractivity contribution is 5.91. The van der Waals surface area contributed by atoms with Gasteiger partial charge >= 0.3 is 0 Å². The summed E-state index contributed by atoms with van der Waals surface area (Å²) in [5.74, 6) is 3.54. The quantitative estimate of drug-likeness (QED) is 0.855. The van der Waals surface area contributed by atoms with Gasteiger partial charge in [-0.25, -0.2) is 4.98 Å². The molecule has 21 heavy (non-hydrogen) atoms. The van der Waals surface area contributed by atoms with Crippen LogP contribution in [0.2, 0.25) is 0 Å². The van der Waals surface area contributed by atoms with Crippen molar-refractivity contribution in [1.82, 2.24) is 20.1 Å². The molecule has 1 N–H and O–H groups in total. The van der Waals surface area contributed by atoms with Crippen LogP contribution in [0.4, 0.5) is 0 Å². The van der Waals surface area contributed by atoms with E-state index in [9.17, 15) is 4.79 Å². The van der Waals surface area contributed by atoms with Crippen molar-refractivity contribution in [3.8, 4) is 0 Å². The fourth-order valence-corrected chi connectivity index (χ4v) is 2.27. The van der Waals surface area contributed by atoms with Gasteiger partial charge in [-0.3, -0.25) is 9.89 Å². The predicted octanol–water partition coefficient (Wildman–Crippen LogP) is 2.19. The van der Waals surface area contributed by atoms with Gasteiger partial charge in [-0.2, -0.15) is 5.10 Å². The Morgan fingerprint density at radius 1 is 1.57 bits per heavy atom. The molecule has 2 heterocycles. The lowest BCUT2D eigenvalue weighted by atomic mass is 10.3. The number of H-pyrrole nitrogens is 1. The van der Waals surface area contributed by atoms with Crippen LogP contribution in [0.15, 0.2) is 29.0 Å². The maximum atomic E-state index is 12.0. The summed E-state index contributed by atoms with van der Waals surface area (Å²) in [6.45, 7) is 2.61. The molecule has 1 aliphatic rings. The van der Waals surface area contributed by atoms with Crippen LogP contribution in [0.25, 0.3) is 6.08 Å². The van der Waals surface area contributed by atoms with Gasteiger partial charge in [-0.15, -0.1) is 0 Å². The highest BCUT2D eigenvalue weighted by atomic mass is 16.3. The maximum Gasteiger partial charge on any atom is 0.246 e. The Morgan fingerprint density at radius 3 is 3.05 bits per heavy atom. The number of hydrogen-bond donors (Lipinski definition) is 1. The first kappa shape index (κ1) is 13.6. The molecule has 3 rings (SSSR count). The van der Waals surface area contributed by atoms with E-state index in [-0.39, 0.29) is 5.91 Å². The zero-order valence-corrected chi connectivity index (χ0v) is 12.1. The van der Waals surface area contributed by atoms with Gasteiger partial charge in [0.05, 0.1) is 6.54 Å². The molecule has 0 aliphatic heterocycles. The minimum Gasteiger partial charge on any atom is -0.461 e. The zero-order chi connectivity index (χ0) is 14.8. The van der Waals surface area contributed by atoms with Gasteiger partial charge in [0, 0.05) is 19.0 Å². The number of carbonyl (C=O) groups excluding carboxylic acids is 1. The van der Waals surface area contributed by atoms with E-state index in [4.69, 9.17) is 4.42 Å². The number of amides is 1. The molecular weight excluding hydrogens is 268 g/mol. The molecule has 6 nitrogen and oxygen atoms in total. The van der Waals surface area contributed by atoms with Gasteiger partial charge in [-0.05, 0) is 30.5 Å². The van der Waals surface area contributed by atoms with E-state index in [1.807, 2.05) is 12.1 Å². The topological polar surface area (TPSA) is 75.0 Å². The van der Waals surface area contributed by atoms with E-state index in [2.05, 4.69) is 22.1 Å². The summed E-state index contributed by atoms with van der Waals surface area (Å²) >= 11 is 0. The Kier molecular flexibility index (Phi) is 3.60. The highest BCUT2D eigenvalue weighted by Crippen LogP contribution is 2.47. The van der Waals surface area contributed by atoms with Crippen LogP contribution < -0.4 is 0 Å². The van der Waals surface area contributed by atoms with E-state index in [0.29, 0.717) is 30.0 Å². The molecule has 110 valence electrons. The predicted molar refractivity (Wildman–Crippen MR) is 77.1 cm³/mol. The van der Waals surface area contributed by atoms with Gasteiger partial charge in [0.15, 0.2) is 0 Å². The largest absolute Gasteiger partial charge is 0.461 e. The van der Waals surface area contributed by atoms with Crippen molar-refractivity contribution < 1.29 is 9.21 Å². The summed E-state index contributed by atoms with van der Waals surface area (Å²) in [5, 5.41) is 6.48. The van der Waals surface area contributed by atoms with Gasteiger partial charge in [0.1, 0.15) is 23.7 Å². The summed E-state index contributed by atoms with van der Waals surface area (Å²) in [6, 6.07) is 3.90. The average Bonchev–Trinajstić information content (AvgIpc) is 2.88. The lowest BCUT2D eigenvalue weighted by Crippen LogP contribution is -2.24. The monoisotopic (exact) mass is 286 g/mol. The number of aromatic nitrogens is 3. The first-order chi connectivity index (χ1) is 10.1. The summed E-state index contributed by atoms with van der Waals surface area (Å²) in [4.78, 5) is 17.5. The Labute approximate surface area is 122 Å². The molecule has 1 saturated carbocycles. The SMILES string of the molecule is CC1CC1c1ccc(C=CC(=O)N(C)Cc2ncn[nH]2)o1. The minimum absolute atomic E-state index is 0.107. The van der Waals surface area contributed by atoms with Crippen molar-refractivity contribution in [1.29, 1.82) is 0 Å². The van der Waals surface area contributed by atoms with E-state index < -0.39 is 0 Å². The van der Waals surface area contributed by atoms with Gasteiger partial charge in [-0.1, -0.05) is 6.92 Å². The molecule has 2 atom stereocenters. The van der Waals surface area contributed by atoms with Crippen LogP contribution in [-0.4, -0.2) is 33.0 Å². The molecule has 1 amide bonds. The molecular formula is C15H18N4O2. The average molecular weight is 286 g/mol. The van der Waals surface area contributed by atoms with E-state index >= 15 is 0 Å². The fraction of sp³-hybridized carbons (Fsp3) is 0.400. The summed E-state index contributed by atoms with van der Waals surface area (Å²) in [6.07, 6.45) is 5.83. The van der Waals surface area contributed by atoms with Crippen molar-refractivity contribution in [3.63, 3.8) is 0 Å². The molecule has 1 fully saturated rings. The van der Waals surface area contributed by atoms with Crippen molar-refractivity contribution >= 4 is 12.0 Å². The molecule has 0 saturated heterocycles. The second-order valence-corrected chi connectivity index (χ2v) is 5.52. The molecule has 2 aromatic rings. The smallest absolute Gasteiger partial charge is 0.246 e. The molecule has 1 aliphatic carbocycles. The molecule has 0 spiro atoms. The zero-order valence-electron chi connectivity index (χ0n) is 12.1. The number of nitrogens with zero attached hydrogens (tertiary/aromatic N) is 3. The van der Waals surface area contributed by atoms with Gasteiger partial charge in [0.25, 0.3) is 0 Å². The number of aromatic amines is 1. The summed E-state index contributed by atoms with van der Waals surface area (Å²) in [7, 11) is 1.72.